The molecule has 0 spiro atoms. The maximum absolute atomic E-state index is 5.42. The van der Waals surface area contributed by atoms with Crippen molar-refractivity contribution in [3.05, 3.63) is 36.0 Å². The number of hydrogen-bond acceptors (Lipinski definition) is 1. The van der Waals surface area contributed by atoms with Crippen LogP contribution in [0.3, 0.4) is 0 Å². The van der Waals surface area contributed by atoms with Crippen molar-refractivity contribution in [3.8, 4) is 0 Å². The second kappa shape index (κ2) is 3.25. The molecule has 1 nitrogen and oxygen atoms in total. The minimum atomic E-state index is 0.640. The molecule has 0 saturated carbocycles. The van der Waals surface area contributed by atoms with Crippen molar-refractivity contribution in [2.24, 2.45) is 5.73 Å². The Hall–Kier alpha value is -0.820. The van der Waals surface area contributed by atoms with E-state index >= 15 is 0 Å². The van der Waals surface area contributed by atoms with E-state index in [1.165, 1.54) is 5.57 Å². The van der Waals surface area contributed by atoms with Gasteiger partial charge in [-0.3, -0.25) is 0 Å². The Morgan fingerprint density at radius 2 is 2.33 bits per heavy atom. The number of nitrogens with two attached hydrogens (primary N) is 1. The molecule has 0 aromatic rings. The Labute approximate surface area is 55.6 Å². The van der Waals surface area contributed by atoms with E-state index in [2.05, 4.69) is 18.2 Å². The summed E-state index contributed by atoms with van der Waals surface area (Å²) in [6.07, 6.45) is 11.4. The van der Waals surface area contributed by atoms with E-state index < -0.39 is 0 Å². The molecule has 0 aliphatic heterocycles. The molecule has 0 bridgehead atoms. The molecule has 0 heterocycles. The third-order valence-electron chi connectivity index (χ3n) is 1.29. The molecular weight excluding hydrogens is 110 g/mol. The van der Waals surface area contributed by atoms with E-state index in [-0.39, 0.29) is 0 Å². The first-order valence-corrected chi connectivity index (χ1v) is 3.16. The van der Waals surface area contributed by atoms with Gasteiger partial charge < -0.3 is 5.73 Å². The highest BCUT2D eigenvalue weighted by Gasteiger charge is 1.86. The zero-order chi connectivity index (χ0) is 6.53. The van der Waals surface area contributed by atoms with Crippen molar-refractivity contribution in [2.75, 3.05) is 6.54 Å². The minimum absolute atomic E-state index is 0.640. The summed E-state index contributed by atoms with van der Waals surface area (Å²) in [6, 6.07) is 0. The molecule has 0 saturated heterocycles. The molecule has 0 unspecified atom stereocenters. The summed E-state index contributed by atoms with van der Waals surface area (Å²) in [6.45, 7) is 0.640. The van der Waals surface area contributed by atoms with Gasteiger partial charge in [-0.05, 0) is 12.0 Å². The highest BCUT2D eigenvalue weighted by Crippen LogP contribution is 2.01. The first-order chi connectivity index (χ1) is 4.43. The van der Waals surface area contributed by atoms with Crippen molar-refractivity contribution in [1.29, 1.82) is 0 Å². The minimum Gasteiger partial charge on any atom is -0.326 e. The fourth-order valence-electron chi connectivity index (χ4n) is 0.760. The lowest BCUT2D eigenvalue weighted by atomic mass is 10.2. The van der Waals surface area contributed by atoms with Gasteiger partial charge in [0.1, 0.15) is 0 Å². The number of allylic oxidation sites excluding steroid dienone is 4. The maximum atomic E-state index is 5.42. The molecule has 9 heavy (non-hydrogen) atoms. The molecule has 0 radical (unpaired) electrons. The van der Waals surface area contributed by atoms with E-state index in [1.807, 2.05) is 12.2 Å². The monoisotopic (exact) mass is 121 g/mol. The van der Waals surface area contributed by atoms with Gasteiger partial charge in [-0.15, -0.1) is 0 Å². The summed E-state index contributed by atoms with van der Waals surface area (Å²) in [7, 11) is 0. The van der Waals surface area contributed by atoms with Crippen molar-refractivity contribution in [2.45, 2.75) is 6.42 Å². The van der Waals surface area contributed by atoms with Crippen LogP contribution in [-0.2, 0) is 0 Å². The van der Waals surface area contributed by atoms with Crippen molar-refractivity contribution in [3.63, 3.8) is 0 Å². The first-order valence-electron chi connectivity index (χ1n) is 3.16. The zero-order valence-corrected chi connectivity index (χ0v) is 5.38. The molecule has 0 atom stereocenters. The van der Waals surface area contributed by atoms with Crippen molar-refractivity contribution >= 4 is 0 Å². The summed E-state index contributed by atoms with van der Waals surface area (Å²) in [5.74, 6) is 0. The zero-order valence-electron chi connectivity index (χ0n) is 5.38. The van der Waals surface area contributed by atoms with Crippen LogP contribution in [0.15, 0.2) is 36.0 Å². The lowest BCUT2D eigenvalue weighted by Crippen LogP contribution is -1.99. The van der Waals surface area contributed by atoms with Gasteiger partial charge in [0, 0.05) is 6.54 Å². The molecule has 0 amide bonds. The van der Waals surface area contributed by atoms with Gasteiger partial charge in [0.15, 0.2) is 0 Å². The van der Waals surface area contributed by atoms with Crippen LogP contribution in [0.1, 0.15) is 6.42 Å². The van der Waals surface area contributed by atoms with E-state index in [1.54, 1.807) is 0 Å². The molecule has 48 valence electrons. The predicted molar refractivity (Wildman–Crippen MR) is 40.0 cm³/mol. The third-order valence-corrected chi connectivity index (χ3v) is 1.29. The van der Waals surface area contributed by atoms with Crippen molar-refractivity contribution < 1.29 is 0 Å². The summed E-state index contributed by atoms with van der Waals surface area (Å²) >= 11 is 0. The Morgan fingerprint density at radius 3 is 3.11 bits per heavy atom. The van der Waals surface area contributed by atoms with Crippen LogP contribution in [0.2, 0.25) is 0 Å². The van der Waals surface area contributed by atoms with Gasteiger partial charge in [-0.25, -0.2) is 0 Å². The van der Waals surface area contributed by atoms with Gasteiger partial charge in [0.2, 0.25) is 0 Å². The van der Waals surface area contributed by atoms with Gasteiger partial charge in [-0.1, -0.05) is 30.4 Å². The summed E-state index contributed by atoms with van der Waals surface area (Å²) in [5, 5.41) is 0. The second-order valence-electron chi connectivity index (χ2n) is 2.01. The molecule has 1 rings (SSSR count). The van der Waals surface area contributed by atoms with E-state index in [0.717, 1.165) is 6.42 Å². The van der Waals surface area contributed by atoms with E-state index in [4.69, 9.17) is 5.73 Å². The molecule has 1 heteroatoms. The standard InChI is InChI=1S/C8H11N/c9-7-8-5-3-1-2-4-6-8/h1,3-6H,2,7,9H2. The van der Waals surface area contributed by atoms with Crippen LogP contribution in [0, 0.1) is 0 Å². The smallest absolute Gasteiger partial charge is 0.0177 e. The van der Waals surface area contributed by atoms with Crippen LogP contribution < -0.4 is 5.73 Å². The highest BCUT2D eigenvalue weighted by atomic mass is 14.5. The van der Waals surface area contributed by atoms with Crippen LogP contribution in [-0.4, -0.2) is 6.54 Å². The summed E-state index contributed by atoms with van der Waals surface area (Å²) < 4.78 is 0. The quantitative estimate of drug-likeness (QED) is 0.557. The molecule has 0 aromatic carbocycles. The molecule has 1 aliphatic carbocycles. The lowest BCUT2D eigenvalue weighted by Gasteiger charge is -1.90. The van der Waals surface area contributed by atoms with Crippen LogP contribution in [0.4, 0.5) is 0 Å². The molecule has 0 fully saturated rings. The maximum Gasteiger partial charge on any atom is 0.0177 e. The van der Waals surface area contributed by atoms with Crippen LogP contribution >= 0.6 is 0 Å². The fraction of sp³-hybridized carbons (Fsp3) is 0.250. The van der Waals surface area contributed by atoms with Crippen molar-refractivity contribution in [1.82, 2.24) is 0 Å². The summed E-state index contributed by atoms with van der Waals surface area (Å²) in [4.78, 5) is 0. The van der Waals surface area contributed by atoms with Gasteiger partial charge in [-0.2, -0.15) is 0 Å². The lowest BCUT2D eigenvalue weighted by molar-refractivity contribution is 1.19. The Bertz CT molecular complexity index is 163. The SMILES string of the molecule is NCC1=CC=CCC=C1. The Kier molecular flexibility index (Phi) is 2.28. The number of rotatable bonds is 1. The molecule has 0 aromatic heterocycles. The number of hydrogen-bond donors (Lipinski definition) is 1. The third kappa shape index (κ3) is 1.86. The van der Waals surface area contributed by atoms with Crippen LogP contribution in [0.25, 0.3) is 0 Å². The van der Waals surface area contributed by atoms with Gasteiger partial charge in [0.05, 0.1) is 0 Å². The molecular formula is C8H11N. The first kappa shape index (κ1) is 6.30. The average molecular weight is 121 g/mol. The highest BCUT2D eigenvalue weighted by molar-refractivity contribution is 5.27. The van der Waals surface area contributed by atoms with Crippen LogP contribution in [0.5, 0.6) is 0 Å². The second-order valence-corrected chi connectivity index (χ2v) is 2.01. The van der Waals surface area contributed by atoms with Gasteiger partial charge >= 0.3 is 0 Å². The fourth-order valence-corrected chi connectivity index (χ4v) is 0.760. The van der Waals surface area contributed by atoms with Gasteiger partial charge in [0.25, 0.3) is 0 Å². The predicted octanol–water partition coefficient (Wildman–Crippen LogP) is 1.39. The topological polar surface area (TPSA) is 26.0 Å². The Balaban J connectivity index is 2.67. The Morgan fingerprint density at radius 1 is 1.44 bits per heavy atom. The largest absolute Gasteiger partial charge is 0.326 e. The average Bonchev–Trinajstić information content (AvgIpc) is 2.13. The van der Waals surface area contributed by atoms with E-state index in [0.29, 0.717) is 6.54 Å². The van der Waals surface area contributed by atoms with E-state index in [9.17, 15) is 0 Å². The molecule has 2 N–H and O–H groups in total. The summed E-state index contributed by atoms with van der Waals surface area (Å²) in [5.41, 5.74) is 6.62. The molecule has 1 aliphatic rings. The normalized spacial score (nSPS) is 17.2.